The molecule has 0 aromatic heterocycles. The summed E-state index contributed by atoms with van der Waals surface area (Å²) in [6.45, 7) is 2.44. The van der Waals surface area contributed by atoms with Gasteiger partial charge in [-0.05, 0) is 29.8 Å². The third-order valence-electron chi connectivity index (χ3n) is 5.63. The van der Waals surface area contributed by atoms with Gasteiger partial charge in [0.05, 0.1) is 6.04 Å². The zero-order valence-electron chi connectivity index (χ0n) is 16.3. The lowest BCUT2D eigenvalue weighted by Crippen LogP contribution is -2.57. The van der Waals surface area contributed by atoms with Crippen LogP contribution >= 0.6 is 0 Å². The summed E-state index contributed by atoms with van der Waals surface area (Å²) >= 11 is 0. The van der Waals surface area contributed by atoms with Crippen molar-refractivity contribution in [2.45, 2.75) is 12.1 Å². The van der Waals surface area contributed by atoms with Crippen molar-refractivity contribution in [3.8, 4) is 0 Å². The first-order valence-corrected chi connectivity index (χ1v) is 9.76. The van der Waals surface area contributed by atoms with Crippen molar-refractivity contribution < 1.29 is 18.7 Å². The Labute approximate surface area is 169 Å². The molecule has 2 fully saturated rings. The number of likely N-dealkylation sites (N-methyl/N-ethyl adjacent to an activating group) is 1. The number of morpholine rings is 1. The molecule has 2 amide bonds. The van der Waals surface area contributed by atoms with E-state index >= 15 is 0 Å². The van der Waals surface area contributed by atoms with E-state index < -0.39 is 18.0 Å². The first-order chi connectivity index (χ1) is 14.0. The van der Waals surface area contributed by atoms with Gasteiger partial charge in [-0.3, -0.25) is 9.59 Å². The second kappa shape index (κ2) is 8.21. The van der Waals surface area contributed by atoms with Crippen LogP contribution in [0.3, 0.4) is 0 Å². The average Bonchev–Trinajstić information content (AvgIpc) is 2.76. The molecule has 4 rings (SSSR count). The highest BCUT2D eigenvalue weighted by Gasteiger charge is 2.42. The number of para-hydroxylation sites is 1. The lowest BCUT2D eigenvalue weighted by Gasteiger charge is -2.42. The number of halogens is 1. The fraction of sp³-hybridized carbons (Fsp3) is 0.364. The third-order valence-corrected chi connectivity index (χ3v) is 5.63. The molecule has 29 heavy (non-hydrogen) atoms. The Morgan fingerprint density at radius 1 is 1.03 bits per heavy atom. The molecule has 0 bridgehead atoms. The molecule has 0 N–H and O–H groups in total. The normalized spacial score (nSPS) is 22.7. The molecule has 2 aliphatic heterocycles. The van der Waals surface area contributed by atoms with E-state index in [1.165, 1.54) is 17.0 Å². The summed E-state index contributed by atoms with van der Waals surface area (Å²) in [7, 11) is 1.63. The first kappa shape index (κ1) is 19.4. The summed E-state index contributed by atoms with van der Waals surface area (Å²) in [5, 5.41) is 0. The van der Waals surface area contributed by atoms with Gasteiger partial charge in [-0.15, -0.1) is 0 Å². The molecule has 2 saturated heterocycles. The van der Waals surface area contributed by atoms with Gasteiger partial charge in [0.25, 0.3) is 5.91 Å². The maximum Gasteiger partial charge on any atom is 0.254 e. The molecule has 2 aliphatic rings. The highest BCUT2D eigenvalue weighted by molar-refractivity contribution is 5.86. The summed E-state index contributed by atoms with van der Waals surface area (Å²) in [5.74, 6) is -0.792. The van der Waals surface area contributed by atoms with E-state index in [9.17, 15) is 14.0 Å². The number of amides is 2. The van der Waals surface area contributed by atoms with Crippen LogP contribution in [0.25, 0.3) is 0 Å². The lowest BCUT2D eigenvalue weighted by atomic mass is 9.97. The monoisotopic (exact) mass is 397 g/mol. The van der Waals surface area contributed by atoms with Gasteiger partial charge in [-0.1, -0.05) is 30.3 Å². The van der Waals surface area contributed by atoms with Gasteiger partial charge in [0.1, 0.15) is 12.4 Å². The summed E-state index contributed by atoms with van der Waals surface area (Å²) in [5.41, 5.74) is 1.69. The molecular weight excluding hydrogens is 373 g/mol. The predicted octanol–water partition coefficient (Wildman–Crippen LogP) is 2.07. The minimum Gasteiger partial charge on any atom is -0.368 e. The number of carbonyl (C=O) groups is 2. The van der Waals surface area contributed by atoms with E-state index in [0.717, 1.165) is 18.8 Å². The number of hydrogen-bond acceptors (Lipinski definition) is 4. The molecule has 2 heterocycles. The molecule has 6 nitrogen and oxygen atoms in total. The second-order valence-corrected chi connectivity index (χ2v) is 7.38. The Morgan fingerprint density at radius 2 is 1.76 bits per heavy atom. The number of nitrogens with zero attached hydrogens (tertiary/aromatic N) is 3. The molecule has 0 radical (unpaired) electrons. The summed E-state index contributed by atoms with van der Waals surface area (Å²) in [6, 6.07) is 15.5. The smallest absolute Gasteiger partial charge is 0.254 e. The molecule has 0 saturated carbocycles. The lowest BCUT2D eigenvalue weighted by molar-refractivity contribution is -0.167. The highest BCUT2D eigenvalue weighted by atomic mass is 19.1. The number of ether oxygens (including phenoxy) is 1. The molecule has 152 valence electrons. The summed E-state index contributed by atoms with van der Waals surface area (Å²) in [6.07, 6.45) is -0.845. The minimum atomic E-state index is -0.845. The zero-order valence-corrected chi connectivity index (χ0v) is 16.3. The van der Waals surface area contributed by atoms with Crippen LogP contribution in [0.1, 0.15) is 11.6 Å². The number of anilines is 1. The van der Waals surface area contributed by atoms with Gasteiger partial charge in [0.2, 0.25) is 5.91 Å². The number of piperazine rings is 1. The first-order valence-electron chi connectivity index (χ1n) is 9.76. The van der Waals surface area contributed by atoms with Crippen molar-refractivity contribution in [2.24, 2.45) is 0 Å². The summed E-state index contributed by atoms with van der Waals surface area (Å²) in [4.78, 5) is 31.0. The number of hydrogen-bond donors (Lipinski definition) is 0. The predicted molar refractivity (Wildman–Crippen MR) is 107 cm³/mol. The van der Waals surface area contributed by atoms with Crippen molar-refractivity contribution in [2.75, 3.05) is 44.7 Å². The number of rotatable bonds is 3. The van der Waals surface area contributed by atoms with Gasteiger partial charge in [0, 0.05) is 38.9 Å². The van der Waals surface area contributed by atoms with E-state index in [1.54, 1.807) is 24.1 Å². The van der Waals surface area contributed by atoms with E-state index in [4.69, 9.17) is 4.74 Å². The minimum absolute atomic E-state index is 0.150. The van der Waals surface area contributed by atoms with Crippen molar-refractivity contribution in [1.29, 1.82) is 0 Å². The van der Waals surface area contributed by atoms with Gasteiger partial charge < -0.3 is 19.4 Å². The maximum atomic E-state index is 13.8. The second-order valence-electron chi connectivity index (χ2n) is 7.38. The van der Waals surface area contributed by atoms with E-state index in [2.05, 4.69) is 17.0 Å². The molecule has 0 aliphatic carbocycles. The van der Waals surface area contributed by atoms with Crippen LogP contribution in [0.5, 0.6) is 0 Å². The van der Waals surface area contributed by atoms with Crippen molar-refractivity contribution >= 4 is 17.5 Å². The Kier molecular flexibility index (Phi) is 5.49. The number of carbonyl (C=O) groups excluding carboxylic acids is 2. The molecule has 0 spiro atoms. The highest BCUT2D eigenvalue weighted by Crippen LogP contribution is 2.31. The standard InChI is InChI=1S/C22H24FN3O3/c1-24-19(27)15-29-21(20(24)16-6-5-7-17(23)14-16)22(28)26-12-10-25(11-13-26)18-8-3-2-4-9-18/h2-9,14,20-21H,10-13,15H2,1H3. The Morgan fingerprint density at radius 3 is 2.45 bits per heavy atom. The topological polar surface area (TPSA) is 53.1 Å². The fourth-order valence-corrected chi connectivity index (χ4v) is 4.01. The van der Waals surface area contributed by atoms with Gasteiger partial charge in [0.15, 0.2) is 6.10 Å². The van der Waals surface area contributed by atoms with Gasteiger partial charge >= 0.3 is 0 Å². The summed E-state index contributed by atoms with van der Waals surface area (Å²) < 4.78 is 19.5. The largest absolute Gasteiger partial charge is 0.368 e. The van der Waals surface area contributed by atoms with Gasteiger partial charge in [-0.2, -0.15) is 0 Å². The number of benzene rings is 2. The van der Waals surface area contributed by atoms with Crippen LogP contribution in [0, 0.1) is 5.82 Å². The Bertz CT molecular complexity index is 884. The van der Waals surface area contributed by atoms with Crippen molar-refractivity contribution in [3.05, 3.63) is 66.0 Å². The van der Waals surface area contributed by atoms with E-state index in [-0.39, 0.29) is 18.4 Å². The maximum absolute atomic E-state index is 13.8. The van der Waals surface area contributed by atoms with Crippen LogP contribution < -0.4 is 4.90 Å². The quantitative estimate of drug-likeness (QED) is 0.796. The molecule has 2 aromatic carbocycles. The SMILES string of the molecule is CN1C(=O)COC(C(=O)N2CCN(c3ccccc3)CC2)C1c1cccc(F)c1. The molecule has 7 heteroatoms. The average molecular weight is 397 g/mol. The van der Waals surface area contributed by atoms with Crippen LogP contribution in [0.4, 0.5) is 10.1 Å². The van der Waals surface area contributed by atoms with Crippen LogP contribution in [0.15, 0.2) is 54.6 Å². The molecule has 2 aromatic rings. The van der Waals surface area contributed by atoms with Crippen LogP contribution in [0.2, 0.25) is 0 Å². The Balaban J connectivity index is 1.50. The molecular formula is C22H24FN3O3. The molecule has 2 unspecified atom stereocenters. The van der Waals surface area contributed by atoms with E-state index in [0.29, 0.717) is 18.7 Å². The van der Waals surface area contributed by atoms with Crippen molar-refractivity contribution in [1.82, 2.24) is 9.80 Å². The van der Waals surface area contributed by atoms with Crippen LogP contribution in [-0.2, 0) is 14.3 Å². The zero-order chi connectivity index (χ0) is 20.4. The molecule has 2 atom stereocenters. The van der Waals surface area contributed by atoms with E-state index in [1.807, 2.05) is 18.2 Å². The Hall–Kier alpha value is -2.93. The van der Waals surface area contributed by atoms with Crippen molar-refractivity contribution in [3.63, 3.8) is 0 Å². The fourth-order valence-electron chi connectivity index (χ4n) is 4.01. The third kappa shape index (κ3) is 3.96. The van der Waals surface area contributed by atoms with Gasteiger partial charge in [-0.25, -0.2) is 4.39 Å². The van der Waals surface area contributed by atoms with Crippen LogP contribution in [-0.4, -0.2) is 67.6 Å².